The molecule has 0 spiro atoms. The van der Waals surface area contributed by atoms with Gasteiger partial charge < -0.3 is 5.32 Å². The minimum atomic E-state index is -0.353. The number of nitro groups is 1. The molecule has 1 unspecified atom stereocenters. The molecule has 0 saturated carbocycles. The Hall–Kier alpha value is -1.10. The monoisotopic (exact) mass is 314 g/mol. The number of hydrogen-bond acceptors (Lipinski definition) is 3. The summed E-state index contributed by atoms with van der Waals surface area (Å²) in [5.41, 5.74) is 0.699. The topological polar surface area (TPSA) is 55.2 Å². The van der Waals surface area contributed by atoms with Crippen molar-refractivity contribution in [2.45, 2.75) is 39.7 Å². The number of nitrogens with one attached hydrogen (secondary N) is 1. The molecule has 1 aromatic rings. The largest absolute Gasteiger partial charge is 0.377 e. The van der Waals surface area contributed by atoms with Crippen LogP contribution in [0.5, 0.6) is 0 Å². The lowest BCUT2D eigenvalue weighted by atomic mass is 9.95. The highest BCUT2D eigenvalue weighted by Crippen LogP contribution is 2.29. The molecular weight excluding hydrogens is 296 g/mol. The average molecular weight is 315 g/mol. The number of nitrogens with zero attached hydrogens (tertiary/aromatic N) is 1. The standard InChI is InChI=1S/C13H19BrN2O2/c1-4-10(5-2)9(3)15-12-8-11(14)6-7-13(12)16(17)18/h6-10,15H,4-5H2,1-3H3. The predicted octanol–water partition coefficient (Wildman–Crippen LogP) is 4.59. The molecule has 1 rings (SSSR count). The van der Waals surface area contributed by atoms with Crippen LogP contribution in [0.4, 0.5) is 11.4 Å². The van der Waals surface area contributed by atoms with Crippen LogP contribution in [-0.4, -0.2) is 11.0 Å². The molecule has 0 saturated heterocycles. The van der Waals surface area contributed by atoms with Crippen LogP contribution in [0.2, 0.25) is 0 Å². The molecule has 0 aliphatic heterocycles. The van der Waals surface area contributed by atoms with Crippen molar-refractivity contribution in [2.24, 2.45) is 5.92 Å². The van der Waals surface area contributed by atoms with Crippen molar-refractivity contribution in [3.63, 3.8) is 0 Å². The summed E-state index contributed by atoms with van der Waals surface area (Å²) >= 11 is 3.34. The third-order valence-electron chi connectivity index (χ3n) is 3.29. The van der Waals surface area contributed by atoms with Gasteiger partial charge in [-0.1, -0.05) is 42.6 Å². The molecule has 18 heavy (non-hydrogen) atoms. The lowest BCUT2D eigenvalue weighted by molar-refractivity contribution is -0.384. The Balaban J connectivity index is 2.95. The molecule has 0 fully saturated rings. The second-order valence-electron chi connectivity index (χ2n) is 4.43. The number of anilines is 1. The first-order valence-electron chi connectivity index (χ1n) is 6.20. The number of hydrogen-bond donors (Lipinski definition) is 1. The molecule has 0 heterocycles. The second kappa shape index (κ2) is 6.73. The van der Waals surface area contributed by atoms with E-state index in [0.717, 1.165) is 17.3 Å². The molecule has 0 aliphatic carbocycles. The first kappa shape index (κ1) is 15.0. The molecule has 1 N–H and O–H groups in total. The smallest absolute Gasteiger partial charge is 0.292 e. The summed E-state index contributed by atoms with van der Waals surface area (Å²) in [7, 11) is 0. The van der Waals surface area contributed by atoms with E-state index in [0.29, 0.717) is 11.6 Å². The molecule has 100 valence electrons. The van der Waals surface area contributed by atoms with E-state index < -0.39 is 0 Å². The zero-order valence-electron chi connectivity index (χ0n) is 10.9. The summed E-state index contributed by atoms with van der Waals surface area (Å²) in [6, 6.07) is 5.18. The molecule has 1 aromatic carbocycles. The molecule has 0 amide bonds. The highest BCUT2D eigenvalue weighted by atomic mass is 79.9. The van der Waals surface area contributed by atoms with Crippen molar-refractivity contribution >= 4 is 27.3 Å². The van der Waals surface area contributed by atoms with E-state index in [2.05, 4.69) is 42.0 Å². The highest BCUT2D eigenvalue weighted by Gasteiger charge is 2.19. The van der Waals surface area contributed by atoms with E-state index in [1.807, 2.05) is 0 Å². The number of benzene rings is 1. The molecule has 1 atom stereocenters. The van der Waals surface area contributed by atoms with Crippen molar-refractivity contribution in [3.05, 3.63) is 32.8 Å². The predicted molar refractivity (Wildman–Crippen MR) is 78.0 cm³/mol. The number of halogens is 1. The maximum absolute atomic E-state index is 11.0. The van der Waals surface area contributed by atoms with Crippen molar-refractivity contribution in [1.82, 2.24) is 0 Å². The van der Waals surface area contributed by atoms with Crippen molar-refractivity contribution < 1.29 is 4.92 Å². The maximum Gasteiger partial charge on any atom is 0.292 e. The zero-order chi connectivity index (χ0) is 13.7. The van der Waals surface area contributed by atoms with Crippen LogP contribution in [0.1, 0.15) is 33.6 Å². The lowest BCUT2D eigenvalue weighted by Crippen LogP contribution is -2.25. The lowest BCUT2D eigenvalue weighted by Gasteiger charge is -2.23. The van der Waals surface area contributed by atoms with Crippen LogP contribution in [0.25, 0.3) is 0 Å². The van der Waals surface area contributed by atoms with Crippen molar-refractivity contribution in [2.75, 3.05) is 5.32 Å². The molecule has 0 bridgehead atoms. The van der Waals surface area contributed by atoms with Gasteiger partial charge in [0.05, 0.1) is 4.92 Å². The summed E-state index contributed by atoms with van der Waals surface area (Å²) in [6.45, 7) is 6.35. The molecule has 0 aliphatic rings. The molecular formula is C13H19BrN2O2. The van der Waals surface area contributed by atoms with Gasteiger partial charge in [0.25, 0.3) is 5.69 Å². The zero-order valence-corrected chi connectivity index (χ0v) is 12.5. The normalized spacial score (nSPS) is 12.5. The van der Waals surface area contributed by atoms with E-state index >= 15 is 0 Å². The van der Waals surface area contributed by atoms with Gasteiger partial charge in [0.1, 0.15) is 5.69 Å². The van der Waals surface area contributed by atoms with E-state index in [-0.39, 0.29) is 16.7 Å². The van der Waals surface area contributed by atoms with Gasteiger partial charge in [0.15, 0.2) is 0 Å². The Kier molecular flexibility index (Phi) is 5.59. The molecule has 5 heteroatoms. The van der Waals surface area contributed by atoms with Gasteiger partial charge in [-0.25, -0.2) is 0 Å². The van der Waals surface area contributed by atoms with Gasteiger partial charge in [-0.05, 0) is 25.0 Å². The summed E-state index contributed by atoms with van der Waals surface area (Å²) < 4.78 is 0.840. The van der Waals surface area contributed by atoms with E-state index in [1.54, 1.807) is 12.1 Å². The summed E-state index contributed by atoms with van der Waals surface area (Å²) in [4.78, 5) is 10.6. The van der Waals surface area contributed by atoms with Gasteiger partial charge in [-0.2, -0.15) is 0 Å². The van der Waals surface area contributed by atoms with Gasteiger partial charge in [0.2, 0.25) is 0 Å². The second-order valence-corrected chi connectivity index (χ2v) is 5.34. The third kappa shape index (κ3) is 3.70. The summed E-state index contributed by atoms with van der Waals surface area (Å²) in [5.74, 6) is 0.517. The SMILES string of the molecule is CCC(CC)C(C)Nc1cc(Br)ccc1[N+](=O)[O-]. The minimum absolute atomic E-state index is 0.121. The fourth-order valence-corrected chi connectivity index (χ4v) is 2.50. The van der Waals surface area contributed by atoms with Gasteiger partial charge in [-0.15, -0.1) is 0 Å². The van der Waals surface area contributed by atoms with Crippen LogP contribution in [0.3, 0.4) is 0 Å². The Morgan fingerprint density at radius 2 is 2.00 bits per heavy atom. The molecule has 0 aromatic heterocycles. The van der Waals surface area contributed by atoms with E-state index in [9.17, 15) is 10.1 Å². The Bertz CT molecular complexity index is 419. The molecule has 0 radical (unpaired) electrons. The Morgan fingerprint density at radius 1 is 1.39 bits per heavy atom. The Labute approximate surface area is 116 Å². The average Bonchev–Trinajstić information content (AvgIpc) is 2.30. The summed E-state index contributed by atoms with van der Waals surface area (Å²) in [6.07, 6.45) is 2.12. The van der Waals surface area contributed by atoms with Crippen LogP contribution in [0.15, 0.2) is 22.7 Å². The number of nitro benzene ring substituents is 1. The third-order valence-corrected chi connectivity index (χ3v) is 3.79. The van der Waals surface area contributed by atoms with Crippen LogP contribution >= 0.6 is 15.9 Å². The fourth-order valence-electron chi connectivity index (χ4n) is 2.14. The Morgan fingerprint density at radius 3 is 2.50 bits per heavy atom. The van der Waals surface area contributed by atoms with Crippen LogP contribution < -0.4 is 5.32 Å². The summed E-state index contributed by atoms with van der Waals surface area (Å²) in [5, 5.41) is 14.2. The first-order valence-corrected chi connectivity index (χ1v) is 6.99. The van der Waals surface area contributed by atoms with Crippen molar-refractivity contribution in [1.29, 1.82) is 0 Å². The fraction of sp³-hybridized carbons (Fsp3) is 0.538. The first-order chi connectivity index (χ1) is 8.49. The van der Waals surface area contributed by atoms with Gasteiger partial charge >= 0.3 is 0 Å². The van der Waals surface area contributed by atoms with E-state index in [1.165, 1.54) is 6.07 Å². The number of rotatable bonds is 6. The van der Waals surface area contributed by atoms with Crippen LogP contribution in [-0.2, 0) is 0 Å². The van der Waals surface area contributed by atoms with E-state index in [4.69, 9.17) is 0 Å². The quantitative estimate of drug-likeness (QED) is 0.617. The molecule has 4 nitrogen and oxygen atoms in total. The van der Waals surface area contributed by atoms with Gasteiger partial charge in [0, 0.05) is 16.6 Å². The highest BCUT2D eigenvalue weighted by molar-refractivity contribution is 9.10. The van der Waals surface area contributed by atoms with Crippen molar-refractivity contribution in [3.8, 4) is 0 Å². The van der Waals surface area contributed by atoms with Gasteiger partial charge in [-0.3, -0.25) is 10.1 Å². The van der Waals surface area contributed by atoms with Crippen LogP contribution in [0, 0.1) is 16.0 Å². The maximum atomic E-state index is 11.0. The minimum Gasteiger partial charge on any atom is -0.377 e.